The summed E-state index contributed by atoms with van der Waals surface area (Å²) in [5, 5.41) is 8.45. The molecular formula is C18H20BrN3O2. The van der Waals surface area contributed by atoms with E-state index in [-0.39, 0.29) is 0 Å². The summed E-state index contributed by atoms with van der Waals surface area (Å²) < 4.78 is 14.1. The highest BCUT2D eigenvalue weighted by Gasteiger charge is 2.08. The van der Waals surface area contributed by atoms with Gasteiger partial charge in [0.05, 0.1) is 38.5 Å². The number of nitrogens with zero attached hydrogens (tertiary/aromatic N) is 3. The molecule has 0 saturated heterocycles. The van der Waals surface area contributed by atoms with Crippen molar-refractivity contribution in [2.45, 2.75) is 20.1 Å². The summed E-state index contributed by atoms with van der Waals surface area (Å²) >= 11 is 3.51. The summed E-state index contributed by atoms with van der Waals surface area (Å²) in [6.07, 6.45) is 0. The van der Waals surface area contributed by atoms with Crippen molar-refractivity contribution >= 4 is 27.0 Å². The molecule has 0 unspecified atom stereocenters. The van der Waals surface area contributed by atoms with Crippen LogP contribution in [-0.4, -0.2) is 34.8 Å². The van der Waals surface area contributed by atoms with Crippen molar-refractivity contribution in [1.82, 2.24) is 15.0 Å². The number of ether oxygens (including phenoxy) is 2. The van der Waals surface area contributed by atoms with E-state index < -0.39 is 0 Å². The van der Waals surface area contributed by atoms with Crippen molar-refractivity contribution in [3.05, 3.63) is 58.1 Å². The second-order valence-corrected chi connectivity index (χ2v) is 6.36. The number of halogens is 1. The van der Waals surface area contributed by atoms with Crippen LogP contribution in [0.5, 0.6) is 0 Å². The van der Waals surface area contributed by atoms with Crippen LogP contribution in [-0.2, 0) is 22.6 Å². The van der Waals surface area contributed by atoms with Gasteiger partial charge in [0.25, 0.3) is 0 Å². The van der Waals surface area contributed by atoms with Gasteiger partial charge in [-0.1, -0.05) is 51.5 Å². The van der Waals surface area contributed by atoms with Gasteiger partial charge < -0.3 is 9.47 Å². The average molecular weight is 390 g/mol. The van der Waals surface area contributed by atoms with E-state index in [0.717, 1.165) is 21.1 Å². The van der Waals surface area contributed by atoms with Crippen LogP contribution >= 0.6 is 15.9 Å². The smallest absolute Gasteiger partial charge is 0.117 e. The van der Waals surface area contributed by atoms with E-state index in [2.05, 4.69) is 38.4 Å². The predicted octanol–water partition coefficient (Wildman–Crippen LogP) is 3.74. The molecule has 0 amide bonds. The molecule has 1 heterocycles. The van der Waals surface area contributed by atoms with Crippen molar-refractivity contribution in [2.75, 3.05) is 19.8 Å². The Bertz CT molecular complexity index is 790. The normalized spacial score (nSPS) is 11.2. The van der Waals surface area contributed by atoms with Crippen LogP contribution in [0.1, 0.15) is 11.1 Å². The van der Waals surface area contributed by atoms with Gasteiger partial charge in [0.1, 0.15) is 5.52 Å². The lowest BCUT2D eigenvalue weighted by atomic mass is 10.2. The van der Waals surface area contributed by atoms with Gasteiger partial charge in [0.2, 0.25) is 0 Å². The summed E-state index contributed by atoms with van der Waals surface area (Å²) in [4.78, 5) is 0. The second kappa shape index (κ2) is 8.37. The Kier molecular flexibility index (Phi) is 5.96. The molecule has 6 heteroatoms. The van der Waals surface area contributed by atoms with Crippen molar-refractivity contribution in [3.8, 4) is 0 Å². The maximum atomic E-state index is 5.62. The van der Waals surface area contributed by atoms with Crippen LogP contribution in [0.4, 0.5) is 0 Å². The molecule has 0 atom stereocenters. The minimum atomic E-state index is 0.573. The highest BCUT2D eigenvalue weighted by molar-refractivity contribution is 9.10. The Hall–Kier alpha value is -1.76. The van der Waals surface area contributed by atoms with Crippen LogP contribution < -0.4 is 0 Å². The molecule has 0 spiro atoms. The van der Waals surface area contributed by atoms with E-state index >= 15 is 0 Å². The first-order valence-electron chi connectivity index (χ1n) is 7.93. The molecule has 1 aromatic heterocycles. The van der Waals surface area contributed by atoms with Gasteiger partial charge in [-0.05, 0) is 30.2 Å². The summed E-state index contributed by atoms with van der Waals surface area (Å²) in [6.45, 7) is 5.07. The lowest BCUT2D eigenvalue weighted by molar-refractivity contribution is 0.0373. The minimum Gasteiger partial charge on any atom is -0.377 e. The molecule has 3 aromatic rings. The topological polar surface area (TPSA) is 49.2 Å². The third-order valence-electron chi connectivity index (χ3n) is 3.81. The van der Waals surface area contributed by atoms with Gasteiger partial charge in [0.15, 0.2) is 0 Å². The van der Waals surface area contributed by atoms with Gasteiger partial charge in [-0.3, -0.25) is 0 Å². The van der Waals surface area contributed by atoms with E-state index in [0.29, 0.717) is 33.0 Å². The number of hydrogen-bond donors (Lipinski definition) is 0. The van der Waals surface area contributed by atoms with E-state index in [1.165, 1.54) is 5.56 Å². The van der Waals surface area contributed by atoms with Crippen LogP contribution in [0.3, 0.4) is 0 Å². The van der Waals surface area contributed by atoms with Gasteiger partial charge in [-0.15, -0.1) is 5.10 Å². The summed E-state index contributed by atoms with van der Waals surface area (Å²) in [5.41, 5.74) is 4.23. The number of hydrogen-bond acceptors (Lipinski definition) is 4. The Morgan fingerprint density at radius 3 is 2.62 bits per heavy atom. The quantitative estimate of drug-likeness (QED) is 0.550. The van der Waals surface area contributed by atoms with Crippen LogP contribution in [0.15, 0.2) is 46.9 Å². The average Bonchev–Trinajstić information content (AvgIpc) is 3.02. The van der Waals surface area contributed by atoms with Gasteiger partial charge in [-0.2, -0.15) is 0 Å². The standard InChI is InChI=1S/C18H20BrN3O2/c1-14-16(19)7-8-17-18(14)20-21-22(17)9-10-23-11-12-24-13-15-5-3-2-4-6-15/h2-8H,9-13H2,1H3. The molecule has 0 bridgehead atoms. The lowest BCUT2D eigenvalue weighted by Crippen LogP contribution is -2.11. The molecule has 0 fully saturated rings. The van der Waals surface area contributed by atoms with Crippen LogP contribution in [0, 0.1) is 6.92 Å². The zero-order valence-corrected chi connectivity index (χ0v) is 15.2. The monoisotopic (exact) mass is 389 g/mol. The third kappa shape index (κ3) is 4.20. The first-order valence-corrected chi connectivity index (χ1v) is 8.73. The molecule has 0 aliphatic carbocycles. The molecule has 126 valence electrons. The molecular weight excluding hydrogens is 370 g/mol. The van der Waals surface area contributed by atoms with Crippen LogP contribution in [0.25, 0.3) is 11.0 Å². The number of aryl methyl sites for hydroxylation is 1. The highest BCUT2D eigenvalue weighted by atomic mass is 79.9. The summed E-state index contributed by atoms with van der Waals surface area (Å²) in [7, 11) is 0. The largest absolute Gasteiger partial charge is 0.377 e. The van der Waals surface area contributed by atoms with Gasteiger partial charge in [0, 0.05) is 4.47 Å². The van der Waals surface area contributed by atoms with E-state index in [1.807, 2.05) is 41.9 Å². The maximum absolute atomic E-state index is 5.62. The van der Waals surface area contributed by atoms with E-state index in [9.17, 15) is 0 Å². The van der Waals surface area contributed by atoms with E-state index in [4.69, 9.17) is 9.47 Å². The highest BCUT2D eigenvalue weighted by Crippen LogP contribution is 2.23. The molecule has 3 rings (SSSR count). The zero-order chi connectivity index (χ0) is 16.8. The first kappa shape index (κ1) is 17.1. The third-order valence-corrected chi connectivity index (χ3v) is 4.66. The second-order valence-electron chi connectivity index (χ2n) is 5.50. The fourth-order valence-electron chi connectivity index (χ4n) is 2.44. The summed E-state index contributed by atoms with van der Waals surface area (Å²) in [6, 6.07) is 14.2. The maximum Gasteiger partial charge on any atom is 0.117 e. The Morgan fingerprint density at radius 1 is 1.00 bits per heavy atom. The fraction of sp³-hybridized carbons (Fsp3) is 0.333. The Morgan fingerprint density at radius 2 is 1.79 bits per heavy atom. The molecule has 5 nitrogen and oxygen atoms in total. The fourth-order valence-corrected chi connectivity index (χ4v) is 2.76. The summed E-state index contributed by atoms with van der Waals surface area (Å²) in [5.74, 6) is 0. The first-order chi connectivity index (χ1) is 11.8. The number of rotatable bonds is 8. The Balaban J connectivity index is 1.39. The van der Waals surface area contributed by atoms with Crippen LogP contribution in [0.2, 0.25) is 0 Å². The Labute approximate surface area is 149 Å². The van der Waals surface area contributed by atoms with Crippen molar-refractivity contribution in [1.29, 1.82) is 0 Å². The molecule has 0 aliphatic heterocycles. The predicted molar refractivity (Wildman–Crippen MR) is 96.9 cm³/mol. The minimum absolute atomic E-state index is 0.573. The molecule has 0 saturated carbocycles. The molecule has 2 aromatic carbocycles. The van der Waals surface area contributed by atoms with Gasteiger partial charge >= 0.3 is 0 Å². The molecule has 24 heavy (non-hydrogen) atoms. The van der Waals surface area contributed by atoms with Crippen molar-refractivity contribution < 1.29 is 9.47 Å². The number of aromatic nitrogens is 3. The number of fused-ring (bicyclic) bond motifs is 1. The lowest BCUT2D eigenvalue weighted by Gasteiger charge is -2.07. The molecule has 0 N–H and O–H groups in total. The molecule has 0 radical (unpaired) electrons. The molecule has 0 aliphatic rings. The SMILES string of the molecule is Cc1c(Br)ccc2c1nnn2CCOCCOCc1ccccc1. The van der Waals surface area contributed by atoms with E-state index in [1.54, 1.807) is 0 Å². The number of benzene rings is 2. The van der Waals surface area contributed by atoms with Gasteiger partial charge in [-0.25, -0.2) is 4.68 Å². The zero-order valence-electron chi connectivity index (χ0n) is 13.6. The van der Waals surface area contributed by atoms with Crippen molar-refractivity contribution in [2.24, 2.45) is 0 Å². The van der Waals surface area contributed by atoms with Crippen molar-refractivity contribution in [3.63, 3.8) is 0 Å².